The van der Waals surface area contributed by atoms with Crippen LogP contribution in [0, 0.1) is 11.2 Å². The molecular weight excluding hydrogens is 371 g/mol. The first kappa shape index (κ1) is 17.7. The van der Waals surface area contributed by atoms with Crippen LogP contribution >= 0.6 is 26.6 Å². The lowest BCUT2D eigenvalue weighted by molar-refractivity contribution is 0.154. The van der Waals surface area contributed by atoms with E-state index in [9.17, 15) is 12.8 Å². The van der Waals surface area contributed by atoms with Gasteiger partial charge < -0.3 is 4.74 Å². The monoisotopic (exact) mass is 386 g/mol. The zero-order valence-corrected chi connectivity index (χ0v) is 14.5. The van der Waals surface area contributed by atoms with Crippen LogP contribution < -0.4 is 4.74 Å². The van der Waals surface area contributed by atoms with Gasteiger partial charge in [0.25, 0.3) is 0 Å². The first-order chi connectivity index (χ1) is 9.21. The van der Waals surface area contributed by atoms with Crippen molar-refractivity contribution in [3.8, 4) is 5.75 Å². The zero-order chi connectivity index (χ0) is 15.4. The van der Waals surface area contributed by atoms with Crippen molar-refractivity contribution in [1.82, 2.24) is 0 Å². The molecule has 0 aliphatic carbocycles. The Kier molecular flexibility index (Phi) is 6.28. The number of hydrogen-bond donors (Lipinski definition) is 0. The van der Waals surface area contributed by atoms with Crippen LogP contribution in [0.25, 0.3) is 0 Å². The lowest BCUT2D eigenvalue weighted by Crippen LogP contribution is -2.33. The molecule has 0 atom stereocenters. The van der Waals surface area contributed by atoms with E-state index in [1.165, 1.54) is 6.07 Å². The summed E-state index contributed by atoms with van der Waals surface area (Å²) in [5.41, 5.74) is -0.565. The Morgan fingerprint density at radius 3 is 2.40 bits per heavy atom. The van der Waals surface area contributed by atoms with E-state index in [0.29, 0.717) is 23.1 Å². The molecule has 0 unspecified atom stereocenters. The molecule has 0 amide bonds. The molecule has 0 fully saturated rings. The lowest BCUT2D eigenvalue weighted by Gasteiger charge is -2.30. The summed E-state index contributed by atoms with van der Waals surface area (Å²) in [5, 5.41) is 0. The maximum atomic E-state index is 13.4. The average molecular weight is 388 g/mol. The van der Waals surface area contributed by atoms with Gasteiger partial charge in [-0.1, -0.05) is 13.8 Å². The van der Waals surface area contributed by atoms with E-state index in [2.05, 4.69) is 15.9 Å². The molecule has 0 spiro atoms. The van der Waals surface area contributed by atoms with Crippen LogP contribution in [0.4, 0.5) is 4.39 Å². The second kappa shape index (κ2) is 7.09. The summed E-state index contributed by atoms with van der Waals surface area (Å²) in [7, 11) is 1.74. The Hall–Kier alpha value is -0.330. The molecule has 0 radical (unpaired) electrons. The van der Waals surface area contributed by atoms with Gasteiger partial charge in [-0.3, -0.25) is 0 Å². The summed E-state index contributed by atoms with van der Waals surface area (Å²) in [6.07, 6.45) is 1.21. The van der Waals surface area contributed by atoms with Crippen molar-refractivity contribution in [2.45, 2.75) is 26.7 Å². The highest BCUT2D eigenvalue weighted by molar-refractivity contribution is 9.10. The van der Waals surface area contributed by atoms with Gasteiger partial charge >= 0.3 is 0 Å². The first-order valence-corrected chi connectivity index (χ1v) is 9.48. The molecule has 20 heavy (non-hydrogen) atoms. The third kappa shape index (κ3) is 5.22. The van der Waals surface area contributed by atoms with Gasteiger partial charge in [0.2, 0.25) is 9.05 Å². The molecule has 0 N–H and O–H groups in total. The summed E-state index contributed by atoms with van der Waals surface area (Å²) in [5.74, 6) is -0.219. The molecule has 0 saturated heterocycles. The van der Waals surface area contributed by atoms with E-state index >= 15 is 0 Å². The van der Waals surface area contributed by atoms with E-state index < -0.39 is 20.3 Å². The smallest absolute Gasteiger partial charge is 0.233 e. The van der Waals surface area contributed by atoms with Gasteiger partial charge in [0.15, 0.2) is 0 Å². The second-order valence-electron chi connectivity index (χ2n) is 4.75. The summed E-state index contributed by atoms with van der Waals surface area (Å²) in [4.78, 5) is 0. The van der Waals surface area contributed by atoms with Crippen LogP contribution in [0.2, 0.25) is 0 Å². The largest absolute Gasteiger partial charge is 0.493 e. The fraction of sp³-hybridized carbons (Fsp3) is 0.538. The maximum absolute atomic E-state index is 13.4. The van der Waals surface area contributed by atoms with Gasteiger partial charge in [0, 0.05) is 22.2 Å². The number of benzene rings is 1. The summed E-state index contributed by atoms with van der Waals surface area (Å²) >= 11 is 3.06. The Bertz CT molecular complexity index is 559. The molecule has 1 aromatic carbocycles. The Morgan fingerprint density at radius 1 is 1.35 bits per heavy atom. The van der Waals surface area contributed by atoms with Gasteiger partial charge in [-0.05, 0) is 40.9 Å². The fourth-order valence-electron chi connectivity index (χ4n) is 1.87. The molecule has 1 rings (SSSR count). The average Bonchev–Trinajstić information content (AvgIpc) is 2.37. The summed E-state index contributed by atoms with van der Waals surface area (Å²) < 4.78 is 41.9. The van der Waals surface area contributed by atoms with E-state index in [4.69, 9.17) is 15.4 Å². The molecular formula is C13H17BrClFO3S. The van der Waals surface area contributed by atoms with Crippen molar-refractivity contribution in [3.05, 3.63) is 28.5 Å². The molecule has 114 valence electrons. The summed E-state index contributed by atoms with van der Waals surface area (Å²) in [6.45, 7) is 3.95. The first-order valence-electron chi connectivity index (χ1n) is 6.21. The van der Waals surface area contributed by atoms with Crippen LogP contribution in [0.15, 0.2) is 22.7 Å². The van der Waals surface area contributed by atoms with Gasteiger partial charge in [-0.25, -0.2) is 12.8 Å². The highest BCUT2D eigenvalue weighted by Crippen LogP contribution is 2.31. The fourth-order valence-corrected chi connectivity index (χ4v) is 4.03. The zero-order valence-electron chi connectivity index (χ0n) is 11.3. The van der Waals surface area contributed by atoms with Crippen LogP contribution in [-0.2, 0) is 9.05 Å². The normalized spacial score (nSPS) is 12.4. The molecule has 0 aromatic heterocycles. The predicted octanol–water partition coefficient (Wildman–Crippen LogP) is 4.34. The van der Waals surface area contributed by atoms with Gasteiger partial charge in [-0.2, -0.15) is 0 Å². The molecule has 0 heterocycles. The SMILES string of the molecule is CCC(CC)(COc1ccc(Br)c(F)c1)CS(=O)(=O)Cl. The van der Waals surface area contributed by atoms with Crippen molar-refractivity contribution < 1.29 is 17.5 Å². The Balaban J connectivity index is 2.83. The molecule has 3 nitrogen and oxygen atoms in total. The minimum absolute atomic E-state index is 0.159. The molecule has 1 aromatic rings. The summed E-state index contributed by atoms with van der Waals surface area (Å²) in [6, 6.07) is 4.43. The lowest BCUT2D eigenvalue weighted by atomic mass is 9.85. The van der Waals surface area contributed by atoms with Crippen molar-refractivity contribution in [2.75, 3.05) is 12.4 Å². The van der Waals surface area contributed by atoms with Crippen molar-refractivity contribution >= 4 is 35.7 Å². The maximum Gasteiger partial charge on any atom is 0.233 e. The third-order valence-electron chi connectivity index (χ3n) is 3.41. The van der Waals surface area contributed by atoms with Crippen LogP contribution in [0.5, 0.6) is 5.75 Å². The molecule has 7 heteroatoms. The van der Waals surface area contributed by atoms with E-state index in [1.807, 2.05) is 13.8 Å². The quantitative estimate of drug-likeness (QED) is 0.654. The van der Waals surface area contributed by atoms with Crippen molar-refractivity contribution in [1.29, 1.82) is 0 Å². The highest BCUT2D eigenvalue weighted by Gasteiger charge is 2.32. The minimum Gasteiger partial charge on any atom is -0.493 e. The van der Waals surface area contributed by atoms with Crippen LogP contribution in [0.1, 0.15) is 26.7 Å². The predicted molar refractivity (Wildman–Crippen MR) is 82.2 cm³/mol. The van der Waals surface area contributed by atoms with Crippen molar-refractivity contribution in [2.24, 2.45) is 5.41 Å². The van der Waals surface area contributed by atoms with Crippen LogP contribution in [-0.4, -0.2) is 20.8 Å². The van der Waals surface area contributed by atoms with Gasteiger partial charge in [0.1, 0.15) is 11.6 Å². The Morgan fingerprint density at radius 2 is 1.95 bits per heavy atom. The van der Waals surface area contributed by atoms with E-state index in [0.717, 1.165) is 0 Å². The highest BCUT2D eigenvalue weighted by atomic mass is 79.9. The Labute approximate surface area is 132 Å². The number of hydrogen-bond acceptors (Lipinski definition) is 3. The van der Waals surface area contributed by atoms with Gasteiger partial charge in [0.05, 0.1) is 16.8 Å². The topological polar surface area (TPSA) is 43.4 Å². The molecule has 0 aliphatic rings. The molecule has 0 aliphatic heterocycles. The number of rotatable bonds is 7. The minimum atomic E-state index is -3.61. The molecule has 0 saturated carbocycles. The number of halogens is 3. The van der Waals surface area contributed by atoms with E-state index in [1.54, 1.807) is 12.1 Å². The van der Waals surface area contributed by atoms with Crippen molar-refractivity contribution in [3.63, 3.8) is 0 Å². The van der Waals surface area contributed by atoms with Crippen LogP contribution in [0.3, 0.4) is 0 Å². The standard InChI is InChI=1S/C13H17BrClFO3S/c1-3-13(4-2,9-20(15,17)18)8-19-10-5-6-11(14)12(16)7-10/h5-7H,3-4,8-9H2,1-2H3. The number of ether oxygens (including phenoxy) is 1. The second-order valence-corrected chi connectivity index (χ2v) is 8.39. The third-order valence-corrected chi connectivity index (χ3v) is 5.34. The van der Waals surface area contributed by atoms with E-state index in [-0.39, 0.29) is 12.4 Å². The molecule has 0 bridgehead atoms. The van der Waals surface area contributed by atoms with Gasteiger partial charge in [-0.15, -0.1) is 0 Å².